The van der Waals surface area contributed by atoms with Crippen molar-refractivity contribution in [2.24, 2.45) is 16.5 Å². The SMILES string of the molecule is Cc1ccc(Nc2ncc3cnn(CC4CCC(NC(=O)CC(C)(C)C)CC4)c3n2)cc1S(N)(=O)=O. The number of aryl methyl sites for hydroxylation is 1. The van der Waals surface area contributed by atoms with Crippen LogP contribution in [0.5, 0.6) is 0 Å². The minimum Gasteiger partial charge on any atom is -0.353 e. The van der Waals surface area contributed by atoms with Crippen LogP contribution in [0.3, 0.4) is 0 Å². The lowest BCUT2D eigenvalue weighted by molar-refractivity contribution is -0.123. The van der Waals surface area contributed by atoms with Gasteiger partial charge in [-0.05, 0) is 61.6 Å². The number of aromatic nitrogens is 4. The Labute approximate surface area is 212 Å². The fourth-order valence-corrected chi connectivity index (χ4v) is 5.48. The molecule has 4 N–H and O–H groups in total. The molecule has 0 unspecified atom stereocenters. The van der Waals surface area contributed by atoms with Crippen LogP contribution in [0.15, 0.2) is 35.5 Å². The van der Waals surface area contributed by atoms with Gasteiger partial charge in [-0.1, -0.05) is 26.8 Å². The lowest BCUT2D eigenvalue weighted by Crippen LogP contribution is -2.39. The molecule has 2 heterocycles. The van der Waals surface area contributed by atoms with E-state index in [1.807, 2.05) is 4.68 Å². The Morgan fingerprint density at radius 3 is 2.56 bits per heavy atom. The van der Waals surface area contributed by atoms with Gasteiger partial charge in [-0.25, -0.2) is 23.2 Å². The molecule has 36 heavy (non-hydrogen) atoms. The molecule has 1 fully saturated rings. The normalized spacial score (nSPS) is 18.8. The predicted octanol–water partition coefficient (Wildman–Crippen LogP) is 3.64. The van der Waals surface area contributed by atoms with Gasteiger partial charge in [0.1, 0.15) is 0 Å². The first kappa shape index (κ1) is 26.0. The maximum atomic E-state index is 12.3. The Morgan fingerprint density at radius 1 is 1.17 bits per heavy atom. The van der Waals surface area contributed by atoms with Gasteiger partial charge in [-0.3, -0.25) is 4.79 Å². The van der Waals surface area contributed by atoms with Crippen LogP contribution in [-0.2, 0) is 21.4 Å². The lowest BCUT2D eigenvalue weighted by atomic mass is 9.85. The molecule has 0 atom stereocenters. The molecule has 10 nitrogen and oxygen atoms in total. The number of carbonyl (C=O) groups excluding carboxylic acids is 1. The van der Waals surface area contributed by atoms with E-state index < -0.39 is 10.0 Å². The third-order valence-corrected chi connectivity index (χ3v) is 7.51. The molecule has 0 radical (unpaired) electrons. The van der Waals surface area contributed by atoms with Crippen molar-refractivity contribution >= 4 is 38.6 Å². The molecule has 0 aliphatic heterocycles. The zero-order chi connectivity index (χ0) is 26.1. The lowest BCUT2D eigenvalue weighted by Gasteiger charge is -2.30. The molecule has 3 aromatic rings. The number of carbonyl (C=O) groups is 1. The van der Waals surface area contributed by atoms with E-state index in [1.54, 1.807) is 31.5 Å². The summed E-state index contributed by atoms with van der Waals surface area (Å²) in [7, 11) is -3.83. The molecular formula is C25H35N7O3S. The summed E-state index contributed by atoms with van der Waals surface area (Å²) in [5, 5.41) is 17.0. The first-order valence-corrected chi connectivity index (χ1v) is 13.8. The second kappa shape index (κ2) is 10.1. The third kappa shape index (κ3) is 6.58. The van der Waals surface area contributed by atoms with Crippen molar-refractivity contribution in [1.82, 2.24) is 25.1 Å². The predicted molar refractivity (Wildman–Crippen MR) is 139 cm³/mol. The van der Waals surface area contributed by atoms with Gasteiger partial charge in [0.25, 0.3) is 0 Å². The van der Waals surface area contributed by atoms with Crippen molar-refractivity contribution in [2.75, 3.05) is 5.32 Å². The van der Waals surface area contributed by atoms with Crippen molar-refractivity contribution in [2.45, 2.75) is 77.3 Å². The Hall–Kier alpha value is -3.05. The molecule has 0 spiro atoms. The van der Waals surface area contributed by atoms with Gasteiger partial charge >= 0.3 is 0 Å². The van der Waals surface area contributed by atoms with Crippen molar-refractivity contribution in [3.8, 4) is 0 Å². The molecule has 194 valence electrons. The van der Waals surface area contributed by atoms with Gasteiger partial charge in [0, 0.05) is 30.9 Å². The number of nitrogens with zero attached hydrogens (tertiary/aromatic N) is 4. The standard InChI is InChI=1S/C25H35N7O3S/c1-16-5-8-20(11-21(16)36(26,34)35)30-24-27-13-18-14-28-32(23(18)31-24)15-17-6-9-19(10-7-17)29-22(33)12-25(2,3)4/h5,8,11,13-14,17,19H,6-7,9-10,12,15H2,1-4H3,(H,29,33)(H2,26,34,35)(H,27,30,31). The highest BCUT2D eigenvalue weighted by molar-refractivity contribution is 7.89. The first-order valence-electron chi connectivity index (χ1n) is 12.3. The maximum Gasteiger partial charge on any atom is 0.238 e. The van der Waals surface area contributed by atoms with E-state index in [0.29, 0.717) is 35.2 Å². The minimum atomic E-state index is -3.83. The first-order chi connectivity index (χ1) is 16.9. The summed E-state index contributed by atoms with van der Waals surface area (Å²) < 4.78 is 25.6. The van der Waals surface area contributed by atoms with Crippen LogP contribution in [0.25, 0.3) is 11.0 Å². The van der Waals surface area contributed by atoms with Crippen LogP contribution >= 0.6 is 0 Å². The van der Waals surface area contributed by atoms with E-state index in [0.717, 1.165) is 37.6 Å². The molecule has 2 aromatic heterocycles. The van der Waals surface area contributed by atoms with E-state index >= 15 is 0 Å². The van der Waals surface area contributed by atoms with Crippen molar-refractivity contribution in [3.05, 3.63) is 36.2 Å². The molecule has 0 bridgehead atoms. The fourth-order valence-electron chi connectivity index (χ4n) is 4.67. The summed E-state index contributed by atoms with van der Waals surface area (Å²) in [6.07, 6.45) is 7.93. The highest BCUT2D eigenvalue weighted by atomic mass is 32.2. The number of sulfonamides is 1. The van der Waals surface area contributed by atoms with Crippen molar-refractivity contribution in [3.63, 3.8) is 0 Å². The van der Waals surface area contributed by atoms with Crippen LogP contribution in [0.1, 0.15) is 58.4 Å². The van der Waals surface area contributed by atoms with Crippen LogP contribution < -0.4 is 15.8 Å². The molecule has 0 saturated heterocycles. The van der Waals surface area contributed by atoms with Crippen LogP contribution in [-0.4, -0.2) is 40.1 Å². The summed E-state index contributed by atoms with van der Waals surface area (Å²) in [6.45, 7) is 8.65. The van der Waals surface area contributed by atoms with E-state index in [4.69, 9.17) is 5.14 Å². The zero-order valence-corrected chi connectivity index (χ0v) is 22.1. The number of primary sulfonamides is 1. The van der Waals surface area contributed by atoms with Crippen molar-refractivity contribution in [1.29, 1.82) is 0 Å². The smallest absolute Gasteiger partial charge is 0.238 e. The third-order valence-electron chi connectivity index (χ3n) is 6.46. The summed E-state index contributed by atoms with van der Waals surface area (Å²) >= 11 is 0. The Balaban J connectivity index is 1.41. The summed E-state index contributed by atoms with van der Waals surface area (Å²) in [5.41, 5.74) is 1.80. The van der Waals surface area contributed by atoms with Crippen LogP contribution in [0, 0.1) is 18.3 Å². The number of nitrogens with two attached hydrogens (primary N) is 1. The van der Waals surface area contributed by atoms with E-state index in [-0.39, 0.29) is 22.3 Å². The maximum absolute atomic E-state index is 12.3. The molecule has 1 amide bonds. The molecular weight excluding hydrogens is 478 g/mol. The Kier molecular flexibility index (Phi) is 7.33. The summed E-state index contributed by atoms with van der Waals surface area (Å²) in [4.78, 5) is 21.3. The molecule has 1 aliphatic rings. The Bertz CT molecular complexity index is 1350. The van der Waals surface area contributed by atoms with Crippen molar-refractivity contribution < 1.29 is 13.2 Å². The highest BCUT2D eigenvalue weighted by Gasteiger charge is 2.25. The molecule has 1 aliphatic carbocycles. The van der Waals surface area contributed by atoms with Gasteiger partial charge in [0.15, 0.2) is 5.65 Å². The van der Waals surface area contributed by atoms with Gasteiger partial charge in [-0.15, -0.1) is 0 Å². The summed E-state index contributed by atoms with van der Waals surface area (Å²) in [5.74, 6) is 0.925. The molecule has 1 aromatic carbocycles. The van der Waals surface area contributed by atoms with Gasteiger partial charge in [-0.2, -0.15) is 10.1 Å². The summed E-state index contributed by atoms with van der Waals surface area (Å²) in [6, 6.07) is 5.16. The topological polar surface area (TPSA) is 145 Å². The van der Waals surface area contributed by atoms with E-state index in [1.165, 1.54) is 6.07 Å². The number of nitrogens with one attached hydrogen (secondary N) is 2. The number of amides is 1. The average molecular weight is 514 g/mol. The van der Waals surface area contributed by atoms with Gasteiger partial charge < -0.3 is 10.6 Å². The monoisotopic (exact) mass is 513 g/mol. The van der Waals surface area contributed by atoms with Gasteiger partial charge in [0.05, 0.1) is 16.5 Å². The average Bonchev–Trinajstić information content (AvgIpc) is 3.16. The van der Waals surface area contributed by atoms with Crippen LogP contribution in [0.2, 0.25) is 0 Å². The number of rotatable bonds is 7. The number of anilines is 2. The molecule has 4 rings (SSSR count). The Morgan fingerprint density at radius 2 is 1.89 bits per heavy atom. The highest BCUT2D eigenvalue weighted by Crippen LogP contribution is 2.28. The minimum absolute atomic E-state index is 0.0120. The van der Waals surface area contributed by atoms with Gasteiger partial charge in [0.2, 0.25) is 21.9 Å². The number of hydrogen-bond acceptors (Lipinski definition) is 7. The second-order valence-corrected chi connectivity index (χ2v) is 12.5. The zero-order valence-electron chi connectivity index (χ0n) is 21.3. The largest absolute Gasteiger partial charge is 0.353 e. The van der Waals surface area contributed by atoms with Crippen LogP contribution in [0.4, 0.5) is 11.6 Å². The second-order valence-electron chi connectivity index (χ2n) is 11.0. The number of benzene rings is 1. The van der Waals surface area contributed by atoms with E-state index in [9.17, 15) is 13.2 Å². The molecule has 11 heteroatoms. The molecule has 1 saturated carbocycles. The van der Waals surface area contributed by atoms with E-state index in [2.05, 4.69) is 46.5 Å². The quantitative estimate of drug-likeness (QED) is 0.437. The number of hydrogen-bond donors (Lipinski definition) is 3. The number of fused-ring (bicyclic) bond motifs is 1. The fraction of sp³-hybridized carbons (Fsp3) is 0.520.